The first-order valence-electron chi connectivity index (χ1n) is 10.1. The van der Waals surface area contributed by atoms with Crippen molar-refractivity contribution in [3.05, 3.63) is 87.3 Å². The predicted octanol–water partition coefficient (Wildman–Crippen LogP) is -1.32. The number of hydrogen-bond donors (Lipinski definition) is 1. The molecule has 0 atom stereocenters. The van der Waals surface area contributed by atoms with Crippen LogP contribution in [0.2, 0.25) is 15.5 Å². The van der Waals surface area contributed by atoms with Crippen LogP contribution in [0.3, 0.4) is 0 Å². The van der Waals surface area contributed by atoms with Crippen molar-refractivity contribution in [1.29, 1.82) is 0 Å². The van der Waals surface area contributed by atoms with Gasteiger partial charge in [-0.05, 0) is 52.0 Å². The zero-order chi connectivity index (χ0) is 27.8. The monoisotopic (exact) mass is 646 g/mol. The molecule has 4 heterocycles. The van der Waals surface area contributed by atoms with Crippen LogP contribution in [0.15, 0.2) is 49.3 Å². The fourth-order valence-corrected chi connectivity index (χ4v) is 2.52. The first-order chi connectivity index (χ1) is 17.6. The van der Waals surface area contributed by atoms with Crippen molar-refractivity contribution in [1.82, 2.24) is 29.9 Å². The molecular formula is C23H23Cl3K2N6O5. The summed E-state index contributed by atoms with van der Waals surface area (Å²) in [6, 6.07) is 6.95. The van der Waals surface area contributed by atoms with E-state index in [9.17, 15) is 0 Å². The molecule has 11 nitrogen and oxygen atoms in total. The first-order valence-corrected chi connectivity index (χ1v) is 11.3. The number of nitrogens with zero attached hydrogens (tertiary/aromatic N) is 6. The zero-order valence-electron chi connectivity index (χ0n) is 23.1. The molecule has 4 rings (SSSR count). The summed E-state index contributed by atoms with van der Waals surface area (Å²) in [6.07, 6.45) is 6.06. The van der Waals surface area contributed by atoms with Crippen LogP contribution in [0.5, 0.6) is 17.4 Å². The van der Waals surface area contributed by atoms with Crippen molar-refractivity contribution in [3.8, 4) is 17.4 Å². The average molecular weight is 648 g/mol. The second-order valence-corrected chi connectivity index (χ2v) is 7.74. The quantitative estimate of drug-likeness (QED) is 0.0925. The molecule has 0 aliphatic heterocycles. The molecule has 0 radical (unpaired) electrons. The number of carbonyl (C=O) groups is 1. The van der Waals surface area contributed by atoms with E-state index in [1.54, 1.807) is 44.4 Å². The molecular weight excluding hydrogens is 625 g/mol. The van der Waals surface area contributed by atoms with Crippen LogP contribution in [0.1, 0.15) is 23.9 Å². The summed E-state index contributed by atoms with van der Waals surface area (Å²) in [5.74, 6) is 1.38. The van der Waals surface area contributed by atoms with Gasteiger partial charge in [0.25, 0.3) is 6.47 Å². The molecule has 0 amide bonds. The summed E-state index contributed by atoms with van der Waals surface area (Å²) in [6.45, 7) is 7.02. The maximum Gasteiger partial charge on any atom is 1.00 e. The average Bonchev–Trinajstić information content (AvgIpc) is 2.89. The van der Waals surface area contributed by atoms with Crippen molar-refractivity contribution in [3.63, 3.8) is 0 Å². The summed E-state index contributed by atoms with van der Waals surface area (Å²) < 4.78 is 5.62. The molecule has 0 saturated carbocycles. The minimum absolute atomic E-state index is 0. The van der Waals surface area contributed by atoms with E-state index in [2.05, 4.69) is 34.8 Å². The summed E-state index contributed by atoms with van der Waals surface area (Å²) >= 11 is 17.0. The zero-order valence-corrected chi connectivity index (χ0v) is 30.6. The Morgan fingerprint density at radius 1 is 0.795 bits per heavy atom. The van der Waals surface area contributed by atoms with E-state index in [1.165, 1.54) is 12.7 Å². The third-order valence-electron chi connectivity index (χ3n) is 4.12. The molecule has 0 spiro atoms. The second kappa shape index (κ2) is 23.2. The number of pyridine rings is 2. The predicted molar refractivity (Wildman–Crippen MR) is 137 cm³/mol. The van der Waals surface area contributed by atoms with E-state index in [0.29, 0.717) is 38.3 Å². The Labute approximate surface area is 327 Å². The number of rotatable bonds is 3. The van der Waals surface area contributed by atoms with Crippen LogP contribution in [-0.2, 0) is 9.68 Å². The fraction of sp³-hybridized carbons (Fsp3) is 0.174. The van der Waals surface area contributed by atoms with Crippen LogP contribution in [-0.4, -0.2) is 41.5 Å². The van der Waals surface area contributed by atoms with Crippen LogP contribution in [0.25, 0.3) is 0 Å². The molecule has 0 aliphatic carbocycles. The number of carbonyl (C=O) groups excluding carboxylic acids is 1. The summed E-state index contributed by atoms with van der Waals surface area (Å²) in [4.78, 5) is 34.5. The minimum atomic E-state index is -0.181. The maximum atomic E-state index is 8.86. The van der Waals surface area contributed by atoms with Gasteiger partial charge in [-0.1, -0.05) is 34.8 Å². The van der Waals surface area contributed by atoms with E-state index in [1.807, 2.05) is 19.9 Å². The maximum absolute atomic E-state index is 8.86. The van der Waals surface area contributed by atoms with Gasteiger partial charge in [-0.3, -0.25) is 14.8 Å². The third-order valence-corrected chi connectivity index (χ3v) is 5.26. The van der Waals surface area contributed by atoms with E-state index < -0.39 is 0 Å². The summed E-state index contributed by atoms with van der Waals surface area (Å²) in [7, 11) is 0. The Hall–Kier alpha value is -0.367. The molecule has 4 aromatic heterocycles. The molecule has 0 fully saturated rings. The molecule has 0 aromatic carbocycles. The van der Waals surface area contributed by atoms with Crippen molar-refractivity contribution in [2.45, 2.75) is 27.7 Å². The van der Waals surface area contributed by atoms with Gasteiger partial charge >= 0.3 is 103 Å². The Morgan fingerprint density at radius 2 is 1.26 bits per heavy atom. The number of aromatic nitrogens is 6. The largest absolute Gasteiger partial charge is 1.00 e. The van der Waals surface area contributed by atoms with Gasteiger partial charge in [0.2, 0.25) is 5.88 Å². The summed E-state index contributed by atoms with van der Waals surface area (Å²) in [5.41, 5.74) is 2.91. The number of aryl methyl sites for hydroxylation is 2. The van der Waals surface area contributed by atoms with Gasteiger partial charge in [0.15, 0.2) is 5.75 Å². The van der Waals surface area contributed by atoms with Crippen LogP contribution >= 0.6 is 34.8 Å². The van der Waals surface area contributed by atoms with Crippen molar-refractivity contribution < 1.29 is 129 Å². The number of aromatic hydroxyl groups is 1. The smallest absolute Gasteiger partial charge is 1.00 e. The normalized spacial score (nSPS) is 8.82. The van der Waals surface area contributed by atoms with Gasteiger partial charge in [0.05, 0.1) is 11.4 Å². The van der Waals surface area contributed by atoms with Gasteiger partial charge in [-0.15, -0.1) is 0 Å². The molecule has 0 bridgehead atoms. The Kier molecular flexibility index (Phi) is 24.3. The van der Waals surface area contributed by atoms with Crippen LogP contribution in [0, 0.1) is 27.7 Å². The molecule has 1 N–H and O–H groups in total. The molecule has 0 saturated heterocycles. The van der Waals surface area contributed by atoms with Crippen LogP contribution in [0.4, 0.5) is 0 Å². The number of hydrogen-bond acceptors (Lipinski definition) is 11. The van der Waals surface area contributed by atoms with E-state index in [0.717, 1.165) is 11.3 Å². The van der Waals surface area contributed by atoms with Gasteiger partial charge in [0, 0.05) is 23.5 Å². The van der Waals surface area contributed by atoms with Gasteiger partial charge in [-0.2, -0.15) is 0 Å². The molecule has 16 heteroatoms. The number of ether oxygens (including phenoxy) is 1. The number of halogens is 3. The minimum Gasteiger partial charge on any atom is -1.00 e. The van der Waals surface area contributed by atoms with Crippen molar-refractivity contribution in [2.75, 3.05) is 0 Å². The Bertz CT molecular complexity index is 1260. The van der Waals surface area contributed by atoms with E-state index in [-0.39, 0.29) is 116 Å². The van der Waals surface area contributed by atoms with Gasteiger partial charge in [0.1, 0.15) is 33.9 Å². The SMILES string of the molecule is Cc1c(Cl)ncnc1Cl.Cc1ncccc1O.Cc1ncccc1Oc1ncnc(Cl)c1C.O=CO[O-].[H-].[K+].[K+]. The molecule has 0 aliphatic rings. The molecule has 198 valence electrons. The molecule has 0 unspecified atom stereocenters. The molecule has 4 aromatic rings. The van der Waals surface area contributed by atoms with Gasteiger partial charge < -0.3 is 21.4 Å². The molecule has 39 heavy (non-hydrogen) atoms. The Balaban J connectivity index is -0.000000493. The summed E-state index contributed by atoms with van der Waals surface area (Å²) in [5, 5.41) is 18.5. The van der Waals surface area contributed by atoms with Crippen molar-refractivity contribution in [2.24, 2.45) is 0 Å². The standard InChI is InChI=1S/C11H10ClN3O.C6H7NO.C5H4Cl2N2.CH2O3.2K.H/c1-7-10(12)14-6-15-11(7)16-9-4-3-5-13-8(9)2;1-5-6(8)3-2-4-7-5;1-3-4(6)8-2-9-5(3)7;2-1-4-3;;;/h3-6H,1-2H3;2-4,8H,1H3;2H,1H3;1,3H;;;/q;;;;2*+1;-1/p-1. The van der Waals surface area contributed by atoms with Crippen LogP contribution < -0.4 is 113 Å². The fourth-order valence-electron chi connectivity index (χ4n) is 2.08. The Morgan fingerprint density at radius 3 is 1.67 bits per heavy atom. The third kappa shape index (κ3) is 16.0. The second-order valence-electron chi connectivity index (χ2n) is 6.66. The first kappa shape index (κ1) is 40.8. The topological polar surface area (TPSA) is 156 Å². The van der Waals surface area contributed by atoms with Crippen molar-refractivity contribution >= 4 is 41.3 Å². The van der Waals surface area contributed by atoms with E-state index >= 15 is 0 Å². The van der Waals surface area contributed by atoms with E-state index in [4.69, 9.17) is 54.7 Å². The van der Waals surface area contributed by atoms with Gasteiger partial charge in [-0.25, -0.2) is 19.9 Å².